The Morgan fingerprint density at radius 3 is 2.50 bits per heavy atom. The van der Waals surface area contributed by atoms with Crippen molar-refractivity contribution in [3.63, 3.8) is 0 Å². The second kappa shape index (κ2) is 11.7. The Morgan fingerprint density at radius 2 is 1.82 bits per heavy atom. The van der Waals surface area contributed by atoms with Crippen molar-refractivity contribution in [2.75, 3.05) is 13.6 Å². The molecule has 2 saturated carbocycles. The maximum absolute atomic E-state index is 13.6. The Bertz CT molecular complexity index is 1150. The predicted molar refractivity (Wildman–Crippen MR) is 147 cm³/mol. The zero-order chi connectivity index (χ0) is 29.3. The summed E-state index contributed by atoms with van der Waals surface area (Å²) >= 11 is 0. The number of allylic oxidation sites excluding steroid dienone is 1. The van der Waals surface area contributed by atoms with Gasteiger partial charge in [0.25, 0.3) is 11.8 Å². The van der Waals surface area contributed by atoms with Crippen molar-refractivity contribution in [3.8, 4) is 0 Å². The molecule has 0 spiro atoms. The van der Waals surface area contributed by atoms with E-state index in [2.05, 4.69) is 15.4 Å². The lowest BCUT2D eigenvalue weighted by Crippen LogP contribution is -2.58. The number of rotatable bonds is 5. The third-order valence-corrected chi connectivity index (χ3v) is 9.47. The van der Waals surface area contributed by atoms with Gasteiger partial charge in [-0.25, -0.2) is 9.52 Å². The minimum absolute atomic E-state index is 0.126. The highest BCUT2D eigenvalue weighted by atomic mass is 32.2. The first-order valence-corrected chi connectivity index (χ1v) is 15.8. The number of carbonyl (C=O) groups excluding carboxylic acids is 4. The second-order valence-corrected chi connectivity index (χ2v) is 14.2. The van der Waals surface area contributed by atoms with E-state index in [4.69, 9.17) is 4.74 Å². The summed E-state index contributed by atoms with van der Waals surface area (Å²) < 4.78 is 34.5. The molecule has 2 aliphatic heterocycles. The summed E-state index contributed by atoms with van der Waals surface area (Å²) in [4.78, 5) is 54.5. The van der Waals surface area contributed by atoms with E-state index >= 15 is 0 Å². The van der Waals surface area contributed by atoms with Crippen molar-refractivity contribution < 1.29 is 32.3 Å². The number of hydrogen-bond donors (Lipinski definition) is 3. The molecule has 4 amide bonds. The van der Waals surface area contributed by atoms with Crippen LogP contribution in [-0.4, -0.2) is 84.3 Å². The molecule has 13 heteroatoms. The molecule has 3 fully saturated rings. The predicted octanol–water partition coefficient (Wildman–Crippen LogP) is 1.72. The topological polar surface area (TPSA) is 154 Å². The Labute approximate surface area is 236 Å². The number of fused-ring (bicyclic) bond motifs is 2. The highest BCUT2D eigenvalue weighted by Gasteiger charge is 2.61. The van der Waals surface area contributed by atoms with E-state index < -0.39 is 57.2 Å². The quantitative estimate of drug-likeness (QED) is 0.418. The first-order chi connectivity index (χ1) is 18.7. The van der Waals surface area contributed by atoms with Gasteiger partial charge in [0, 0.05) is 31.1 Å². The molecule has 224 valence electrons. The van der Waals surface area contributed by atoms with Crippen LogP contribution in [0.4, 0.5) is 4.79 Å². The summed E-state index contributed by atoms with van der Waals surface area (Å²) in [5.74, 6) is -2.08. The largest absolute Gasteiger partial charge is 0.436 e. The highest BCUT2D eigenvalue weighted by molar-refractivity contribution is 7.87. The van der Waals surface area contributed by atoms with Crippen molar-refractivity contribution in [3.05, 3.63) is 12.2 Å². The monoisotopic (exact) mass is 581 g/mol. The van der Waals surface area contributed by atoms with Gasteiger partial charge in [0.05, 0.1) is 0 Å². The fourth-order valence-electron chi connectivity index (χ4n) is 5.41. The first-order valence-electron chi connectivity index (χ1n) is 14.3. The van der Waals surface area contributed by atoms with E-state index in [0.29, 0.717) is 32.2 Å². The minimum atomic E-state index is -4.06. The van der Waals surface area contributed by atoms with Crippen LogP contribution in [0.5, 0.6) is 0 Å². The molecule has 0 aromatic heterocycles. The van der Waals surface area contributed by atoms with Gasteiger partial charge in [0.2, 0.25) is 5.91 Å². The van der Waals surface area contributed by atoms with Crippen LogP contribution < -0.4 is 15.4 Å². The Hall–Kier alpha value is -2.67. The number of alkyl carbamates (subject to hydrolysis) is 1. The summed E-state index contributed by atoms with van der Waals surface area (Å²) in [6, 6.07) is -0.978. The fraction of sp³-hybridized carbons (Fsp3) is 0.778. The summed E-state index contributed by atoms with van der Waals surface area (Å²) in [6.45, 7) is 5.76. The SMILES string of the molecule is CN(C1CC1)S(=O)(=O)NC(=O)[C@@]12C[C@H]1C=CCCCCC[C@H](OC(=O)NC(C)(C)C)C(=O)N1CCC[C@H]1C(=O)N2. The maximum atomic E-state index is 13.6. The number of nitrogens with zero attached hydrogens (tertiary/aromatic N) is 2. The van der Waals surface area contributed by atoms with Crippen LogP contribution in [0, 0.1) is 5.92 Å². The summed E-state index contributed by atoms with van der Waals surface area (Å²) in [5.41, 5.74) is -1.95. The highest BCUT2D eigenvalue weighted by Crippen LogP contribution is 2.46. The molecule has 4 rings (SSSR count). The number of hydrogen-bond acceptors (Lipinski definition) is 7. The van der Waals surface area contributed by atoms with Gasteiger partial charge in [-0.15, -0.1) is 0 Å². The number of nitrogens with one attached hydrogen (secondary N) is 3. The minimum Gasteiger partial charge on any atom is -0.436 e. The van der Waals surface area contributed by atoms with Gasteiger partial charge in [-0.2, -0.15) is 12.7 Å². The third-order valence-electron chi connectivity index (χ3n) is 7.97. The maximum Gasteiger partial charge on any atom is 0.408 e. The van der Waals surface area contributed by atoms with Gasteiger partial charge in [-0.05, 0) is 78.6 Å². The van der Waals surface area contributed by atoms with Crippen LogP contribution in [-0.2, 0) is 29.3 Å². The Morgan fingerprint density at radius 1 is 1.10 bits per heavy atom. The molecular formula is C27H43N5O7S. The lowest BCUT2D eigenvalue weighted by atomic mass is 10.1. The van der Waals surface area contributed by atoms with Gasteiger partial charge in [0.1, 0.15) is 11.6 Å². The zero-order valence-electron chi connectivity index (χ0n) is 23.9. The summed E-state index contributed by atoms with van der Waals surface area (Å²) in [6.07, 6.45) is 8.18. The lowest BCUT2D eigenvalue weighted by molar-refractivity contribution is -0.146. The van der Waals surface area contributed by atoms with E-state index in [1.54, 1.807) is 0 Å². The third kappa shape index (κ3) is 7.15. The Balaban J connectivity index is 1.54. The molecule has 4 aliphatic rings. The second-order valence-electron chi connectivity index (χ2n) is 12.5. The molecular weight excluding hydrogens is 538 g/mol. The number of carbonyl (C=O) groups is 4. The molecule has 0 radical (unpaired) electrons. The average Bonchev–Trinajstić information content (AvgIpc) is 3.76. The van der Waals surface area contributed by atoms with Gasteiger partial charge in [-0.3, -0.25) is 14.4 Å². The van der Waals surface area contributed by atoms with Crippen molar-refractivity contribution in [1.82, 2.24) is 24.6 Å². The van der Waals surface area contributed by atoms with Crippen molar-refractivity contribution in [2.45, 2.75) is 114 Å². The van der Waals surface area contributed by atoms with Crippen LogP contribution in [0.2, 0.25) is 0 Å². The van der Waals surface area contributed by atoms with E-state index in [-0.39, 0.29) is 18.4 Å². The molecule has 3 N–H and O–H groups in total. The average molecular weight is 582 g/mol. The molecule has 0 bridgehead atoms. The van der Waals surface area contributed by atoms with Crippen molar-refractivity contribution in [2.24, 2.45) is 5.92 Å². The molecule has 0 unspecified atom stereocenters. The smallest absolute Gasteiger partial charge is 0.408 e. The normalized spacial score (nSPS) is 29.9. The van der Waals surface area contributed by atoms with Crippen LogP contribution in [0.1, 0.15) is 85.0 Å². The van der Waals surface area contributed by atoms with Gasteiger partial charge in [0.15, 0.2) is 6.10 Å². The standard InChI is InChI=1S/C27H43N5O7S/c1-26(2,3)29-25(36)39-21-13-9-7-5-6-8-11-18-17-27(18,24(35)30-40(37,38)31(4)19-14-15-19)28-22(33)20-12-10-16-32(20)23(21)34/h8,11,18-21H,5-7,9-10,12-17H2,1-4H3,(H,28,33)(H,29,36)(H,30,35)/t18-,20+,21+,27-/m1/s1. The van der Waals surface area contributed by atoms with E-state index in [0.717, 1.165) is 36.4 Å². The van der Waals surface area contributed by atoms with Crippen LogP contribution in [0.25, 0.3) is 0 Å². The zero-order valence-corrected chi connectivity index (χ0v) is 24.7. The molecule has 4 atom stereocenters. The molecule has 2 aliphatic carbocycles. The van der Waals surface area contributed by atoms with E-state index in [1.807, 2.05) is 32.9 Å². The van der Waals surface area contributed by atoms with Crippen LogP contribution in [0.3, 0.4) is 0 Å². The summed E-state index contributed by atoms with van der Waals surface area (Å²) in [7, 11) is -2.62. The molecule has 12 nitrogen and oxygen atoms in total. The molecule has 0 aromatic rings. The Kier molecular flexibility index (Phi) is 8.84. The van der Waals surface area contributed by atoms with Gasteiger partial charge in [-0.1, -0.05) is 18.6 Å². The number of ether oxygens (including phenoxy) is 1. The van der Waals surface area contributed by atoms with E-state index in [1.165, 1.54) is 11.9 Å². The summed E-state index contributed by atoms with van der Waals surface area (Å²) in [5, 5.41) is 5.54. The van der Waals surface area contributed by atoms with Crippen LogP contribution in [0.15, 0.2) is 12.2 Å². The fourth-order valence-corrected chi connectivity index (χ4v) is 6.58. The van der Waals surface area contributed by atoms with Gasteiger partial charge < -0.3 is 20.3 Å². The van der Waals surface area contributed by atoms with Crippen LogP contribution >= 0.6 is 0 Å². The van der Waals surface area contributed by atoms with E-state index in [9.17, 15) is 27.6 Å². The molecule has 2 heterocycles. The lowest BCUT2D eigenvalue weighted by Gasteiger charge is -2.30. The molecule has 1 saturated heterocycles. The first kappa shape index (κ1) is 30.3. The number of amides is 4. The van der Waals surface area contributed by atoms with Gasteiger partial charge >= 0.3 is 16.3 Å². The molecule has 0 aromatic carbocycles. The van der Waals surface area contributed by atoms with Crippen molar-refractivity contribution >= 4 is 34.0 Å². The molecule has 40 heavy (non-hydrogen) atoms. The van der Waals surface area contributed by atoms with Crippen molar-refractivity contribution in [1.29, 1.82) is 0 Å².